The van der Waals surface area contributed by atoms with Crippen molar-refractivity contribution in [1.82, 2.24) is 4.90 Å². The van der Waals surface area contributed by atoms with Gasteiger partial charge in [0.25, 0.3) is 0 Å². The number of ether oxygens (including phenoxy) is 1. The number of rotatable bonds is 5. The van der Waals surface area contributed by atoms with E-state index in [0.29, 0.717) is 24.6 Å². The predicted molar refractivity (Wildman–Crippen MR) is 112 cm³/mol. The Hall–Kier alpha value is -2.82. The van der Waals surface area contributed by atoms with Crippen LogP contribution in [0.25, 0.3) is 0 Å². The van der Waals surface area contributed by atoms with Crippen LogP contribution in [0.15, 0.2) is 42.5 Å². The van der Waals surface area contributed by atoms with Gasteiger partial charge in [0.15, 0.2) is 0 Å². The molecular weight excluding hydrogens is 366 g/mol. The molecule has 0 bridgehead atoms. The van der Waals surface area contributed by atoms with Gasteiger partial charge in [0.1, 0.15) is 6.61 Å². The number of likely N-dealkylation sites (tertiary alicyclic amines) is 1. The highest BCUT2D eigenvalue weighted by Crippen LogP contribution is 2.29. The van der Waals surface area contributed by atoms with Crippen molar-refractivity contribution in [3.05, 3.63) is 70.3 Å². The van der Waals surface area contributed by atoms with E-state index < -0.39 is 5.97 Å². The van der Waals surface area contributed by atoms with Crippen molar-refractivity contribution in [2.75, 3.05) is 13.1 Å². The van der Waals surface area contributed by atoms with Gasteiger partial charge in [0.05, 0.1) is 5.56 Å². The van der Waals surface area contributed by atoms with Crippen LogP contribution in [0.5, 0.6) is 0 Å². The average molecular weight is 395 g/mol. The number of piperidine rings is 1. The molecule has 0 aromatic heterocycles. The SMILES string of the molecule is Cc1cc(C2CCCN(C(=O)OCc3ccc(C(C)C)cc3)C2)ccc1C(=O)O. The third-order valence-corrected chi connectivity index (χ3v) is 5.64. The summed E-state index contributed by atoms with van der Waals surface area (Å²) >= 11 is 0. The zero-order chi connectivity index (χ0) is 21.0. The molecule has 2 aromatic rings. The number of carbonyl (C=O) groups is 2. The molecule has 1 unspecified atom stereocenters. The maximum atomic E-state index is 12.6. The van der Waals surface area contributed by atoms with Gasteiger partial charge in [-0.2, -0.15) is 0 Å². The Labute approximate surface area is 172 Å². The Balaban J connectivity index is 1.59. The molecule has 0 saturated carbocycles. The lowest BCUT2D eigenvalue weighted by Gasteiger charge is -2.32. The molecule has 0 aliphatic carbocycles. The first kappa shape index (κ1) is 20.9. The van der Waals surface area contributed by atoms with Gasteiger partial charge in [-0.3, -0.25) is 0 Å². The average Bonchev–Trinajstić information content (AvgIpc) is 2.72. The number of hydrogen-bond donors (Lipinski definition) is 1. The highest BCUT2D eigenvalue weighted by atomic mass is 16.6. The first-order valence-electron chi connectivity index (χ1n) is 10.2. The summed E-state index contributed by atoms with van der Waals surface area (Å²) in [5, 5.41) is 9.21. The van der Waals surface area contributed by atoms with Crippen molar-refractivity contribution in [1.29, 1.82) is 0 Å². The molecule has 1 heterocycles. The van der Waals surface area contributed by atoms with Crippen LogP contribution >= 0.6 is 0 Å². The number of carboxylic acid groups (broad SMARTS) is 1. The molecule has 5 nitrogen and oxygen atoms in total. The highest BCUT2D eigenvalue weighted by molar-refractivity contribution is 5.89. The summed E-state index contributed by atoms with van der Waals surface area (Å²) in [6.45, 7) is 7.67. The number of carboxylic acids is 1. The summed E-state index contributed by atoms with van der Waals surface area (Å²) in [6.07, 6.45) is 1.59. The lowest BCUT2D eigenvalue weighted by Crippen LogP contribution is -2.39. The quantitative estimate of drug-likeness (QED) is 0.743. The van der Waals surface area contributed by atoms with E-state index in [2.05, 4.69) is 26.0 Å². The van der Waals surface area contributed by atoms with Crippen molar-refractivity contribution < 1.29 is 19.4 Å². The van der Waals surface area contributed by atoms with Crippen molar-refractivity contribution in [3.8, 4) is 0 Å². The van der Waals surface area contributed by atoms with E-state index >= 15 is 0 Å². The molecule has 154 valence electrons. The topological polar surface area (TPSA) is 66.8 Å². The maximum Gasteiger partial charge on any atom is 0.410 e. The van der Waals surface area contributed by atoms with Gasteiger partial charge in [-0.05, 0) is 54.0 Å². The summed E-state index contributed by atoms with van der Waals surface area (Å²) in [4.78, 5) is 25.5. The molecule has 2 aromatic carbocycles. The standard InChI is InChI=1S/C24H29NO4/c1-16(2)19-8-6-18(7-9-19)15-29-24(28)25-12-4-5-21(14-25)20-10-11-22(23(26)27)17(3)13-20/h6-11,13,16,21H,4-5,12,14-15H2,1-3H3,(H,26,27). The molecule has 3 rings (SSSR count). The van der Waals surface area contributed by atoms with Gasteiger partial charge in [0.2, 0.25) is 0 Å². The van der Waals surface area contributed by atoms with Crippen molar-refractivity contribution in [2.45, 2.75) is 52.1 Å². The number of nitrogens with zero attached hydrogens (tertiary/aromatic N) is 1. The molecule has 1 amide bonds. The smallest absolute Gasteiger partial charge is 0.410 e. The zero-order valence-corrected chi connectivity index (χ0v) is 17.4. The monoisotopic (exact) mass is 395 g/mol. The number of carbonyl (C=O) groups excluding carboxylic acids is 1. The van der Waals surface area contributed by atoms with Crippen LogP contribution in [0.2, 0.25) is 0 Å². The number of hydrogen-bond acceptors (Lipinski definition) is 3. The van der Waals surface area contributed by atoms with Crippen LogP contribution in [0.3, 0.4) is 0 Å². The van der Waals surface area contributed by atoms with Gasteiger partial charge < -0.3 is 14.7 Å². The minimum atomic E-state index is -0.913. The van der Waals surface area contributed by atoms with Crippen molar-refractivity contribution in [3.63, 3.8) is 0 Å². The number of amides is 1. The molecular formula is C24H29NO4. The Bertz CT molecular complexity index is 873. The third-order valence-electron chi connectivity index (χ3n) is 5.64. The van der Waals surface area contributed by atoms with Crippen LogP contribution in [0.4, 0.5) is 4.79 Å². The summed E-state index contributed by atoms with van der Waals surface area (Å²) in [7, 11) is 0. The van der Waals surface area contributed by atoms with Crippen molar-refractivity contribution in [2.24, 2.45) is 0 Å². The Morgan fingerprint density at radius 2 is 1.90 bits per heavy atom. The fourth-order valence-corrected chi connectivity index (χ4v) is 3.83. The predicted octanol–water partition coefficient (Wildman–Crippen LogP) is 5.33. The molecule has 5 heteroatoms. The van der Waals surface area contributed by atoms with E-state index in [0.717, 1.165) is 29.5 Å². The first-order chi connectivity index (χ1) is 13.8. The van der Waals surface area contributed by atoms with Crippen LogP contribution in [0, 0.1) is 6.92 Å². The van der Waals surface area contributed by atoms with Crippen molar-refractivity contribution >= 4 is 12.1 Å². The second-order valence-electron chi connectivity index (χ2n) is 8.12. The van der Waals surface area contributed by atoms with Crippen LogP contribution < -0.4 is 0 Å². The fourth-order valence-electron chi connectivity index (χ4n) is 3.83. The number of benzene rings is 2. The summed E-state index contributed by atoms with van der Waals surface area (Å²) in [5.41, 5.74) is 4.40. The molecule has 1 aliphatic rings. The van der Waals surface area contributed by atoms with Gasteiger partial charge in [-0.25, -0.2) is 9.59 Å². The molecule has 0 radical (unpaired) electrons. The second-order valence-corrected chi connectivity index (χ2v) is 8.12. The van der Waals surface area contributed by atoms with Crippen LogP contribution in [-0.4, -0.2) is 35.2 Å². The Morgan fingerprint density at radius 1 is 1.17 bits per heavy atom. The van der Waals surface area contributed by atoms with Gasteiger partial charge in [-0.15, -0.1) is 0 Å². The normalized spacial score (nSPS) is 16.7. The first-order valence-corrected chi connectivity index (χ1v) is 10.2. The molecule has 29 heavy (non-hydrogen) atoms. The molecule has 1 aliphatic heterocycles. The fraction of sp³-hybridized carbons (Fsp3) is 0.417. The lowest BCUT2D eigenvalue weighted by molar-refractivity contribution is 0.0696. The zero-order valence-electron chi connectivity index (χ0n) is 17.4. The summed E-state index contributed by atoms with van der Waals surface area (Å²) in [5.74, 6) is -0.238. The molecule has 1 saturated heterocycles. The molecule has 1 N–H and O–H groups in total. The van der Waals surface area contributed by atoms with Crippen LogP contribution in [-0.2, 0) is 11.3 Å². The minimum absolute atomic E-state index is 0.197. The van der Waals surface area contributed by atoms with E-state index in [-0.39, 0.29) is 18.6 Å². The molecule has 1 fully saturated rings. The van der Waals surface area contributed by atoms with E-state index in [4.69, 9.17) is 4.74 Å². The largest absolute Gasteiger partial charge is 0.478 e. The number of aromatic carboxylic acids is 1. The molecule has 1 atom stereocenters. The van der Waals surface area contributed by atoms with Gasteiger partial charge in [0, 0.05) is 19.0 Å². The Kier molecular flexibility index (Phi) is 6.57. The minimum Gasteiger partial charge on any atom is -0.478 e. The Morgan fingerprint density at radius 3 is 2.52 bits per heavy atom. The van der Waals surface area contributed by atoms with E-state index in [9.17, 15) is 14.7 Å². The van der Waals surface area contributed by atoms with Gasteiger partial charge >= 0.3 is 12.1 Å². The molecule has 0 spiro atoms. The summed E-state index contributed by atoms with van der Waals surface area (Å²) in [6, 6.07) is 13.6. The van der Waals surface area contributed by atoms with E-state index in [1.807, 2.05) is 31.2 Å². The highest BCUT2D eigenvalue weighted by Gasteiger charge is 2.26. The lowest BCUT2D eigenvalue weighted by atomic mass is 9.89. The van der Waals surface area contributed by atoms with Crippen LogP contribution in [0.1, 0.15) is 71.1 Å². The van der Waals surface area contributed by atoms with E-state index in [1.165, 1.54) is 5.56 Å². The second kappa shape index (κ2) is 9.12. The summed E-state index contributed by atoms with van der Waals surface area (Å²) < 4.78 is 5.54. The third kappa shape index (κ3) is 5.17. The van der Waals surface area contributed by atoms with E-state index in [1.54, 1.807) is 11.0 Å². The maximum absolute atomic E-state index is 12.6. The van der Waals surface area contributed by atoms with Gasteiger partial charge in [-0.1, -0.05) is 50.2 Å². The number of aryl methyl sites for hydroxylation is 1.